The summed E-state index contributed by atoms with van der Waals surface area (Å²) in [6.45, 7) is 10.6. The van der Waals surface area contributed by atoms with Gasteiger partial charge in [0, 0.05) is 6.54 Å². The van der Waals surface area contributed by atoms with Gasteiger partial charge < -0.3 is 15.1 Å². The van der Waals surface area contributed by atoms with Crippen molar-refractivity contribution in [3.63, 3.8) is 0 Å². The summed E-state index contributed by atoms with van der Waals surface area (Å²) >= 11 is 0. The highest BCUT2D eigenvalue weighted by Crippen LogP contribution is 2.21. The Kier molecular flexibility index (Phi) is 5.62. The van der Waals surface area contributed by atoms with E-state index < -0.39 is 0 Å². The number of amides is 2. The van der Waals surface area contributed by atoms with Gasteiger partial charge >= 0.3 is 0 Å². The van der Waals surface area contributed by atoms with Crippen molar-refractivity contribution in [2.24, 2.45) is 11.8 Å². The quantitative estimate of drug-likeness (QED) is 0.826. The second-order valence-corrected chi connectivity index (χ2v) is 6.53. The van der Waals surface area contributed by atoms with Crippen molar-refractivity contribution in [2.45, 2.75) is 46.1 Å². The van der Waals surface area contributed by atoms with E-state index in [2.05, 4.69) is 24.1 Å². The predicted octanol–water partition coefficient (Wildman–Crippen LogP) is 1.09. The molecule has 2 rings (SSSR count). The molecule has 2 unspecified atom stereocenters. The third-order valence-corrected chi connectivity index (χ3v) is 5.07. The van der Waals surface area contributed by atoms with Crippen LogP contribution in [0.15, 0.2) is 0 Å². The molecule has 2 aliphatic heterocycles. The number of piperidine rings is 1. The fourth-order valence-electron chi connectivity index (χ4n) is 3.30. The SMILES string of the molecule is CCC(C)C1NC(=O)CN(CC2CCN(CC)CC2)C1=O. The summed E-state index contributed by atoms with van der Waals surface area (Å²) in [7, 11) is 0. The summed E-state index contributed by atoms with van der Waals surface area (Å²) in [5.74, 6) is 0.846. The maximum atomic E-state index is 12.6. The maximum Gasteiger partial charge on any atom is 0.245 e. The minimum absolute atomic E-state index is 0.00843. The van der Waals surface area contributed by atoms with E-state index in [1.54, 1.807) is 4.90 Å². The summed E-state index contributed by atoms with van der Waals surface area (Å²) in [4.78, 5) is 28.7. The van der Waals surface area contributed by atoms with Crippen LogP contribution in [0.1, 0.15) is 40.0 Å². The molecule has 0 aromatic heterocycles. The molecule has 0 aromatic carbocycles. The molecule has 0 bridgehead atoms. The van der Waals surface area contributed by atoms with Gasteiger partial charge in [-0.2, -0.15) is 0 Å². The van der Waals surface area contributed by atoms with E-state index in [0.717, 1.165) is 45.4 Å². The minimum atomic E-state index is -0.327. The van der Waals surface area contributed by atoms with Gasteiger partial charge in [-0.3, -0.25) is 9.59 Å². The Bertz CT molecular complexity index is 378. The lowest BCUT2D eigenvalue weighted by Gasteiger charge is -2.39. The summed E-state index contributed by atoms with van der Waals surface area (Å²) in [5, 5.41) is 2.86. The van der Waals surface area contributed by atoms with Gasteiger partial charge in [-0.1, -0.05) is 27.2 Å². The third kappa shape index (κ3) is 3.96. The second kappa shape index (κ2) is 7.25. The van der Waals surface area contributed by atoms with E-state index in [0.29, 0.717) is 5.92 Å². The van der Waals surface area contributed by atoms with E-state index in [1.165, 1.54) is 0 Å². The number of carbonyl (C=O) groups is 2. The van der Waals surface area contributed by atoms with Gasteiger partial charge in [-0.05, 0) is 44.3 Å². The minimum Gasteiger partial charge on any atom is -0.342 e. The van der Waals surface area contributed by atoms with Crippen LogP contribution < -0.4 is 5.32 Å². The molecule has 2 fully saturated rings. The van der Waals surface area contributed by atoms with Crippen LogP contribution in [0.3, 0.4) is 0 Å². The topological polar surface area (TPSA) is 52.7 Å². The summed E-state index contributed by atoms with van der Waals surface area (Å²) in [6, 6.07) is -0.327. The lowest BCUT2D eigenvalue weighted by molar-refractivity contribution is -0.146. The fraction of sp³-hybridized carbons (Fsp3) is 0.875. The first-order chi connectivity index (χ1) is 10.0. The Balaban J connectivity index is 1.92. The molecule has 0 saturated carbocycles. The number of hydrogen-bond donors (Lipinski definition) is 1. The van der Waals surface area contributed by atoms with Crippen molar-refractivity contribution >= 4 is 11.8 Å². The molecule has 5 heteroatoms. The molecule has 2 amide bonds. The number of nitrogens with zero attached hydrogens (tertiary/aromatic N) is 2. The van der Waals surface area contributed by atoms with Gasteiger partial charge in [0.15, 0.2) is 0 Å². The van der Waals surface area contributed by atoms with Crippen molar-refractivity contribution < 1.29 is 9.59 Å². The first-order valence-corrected chi connectivity index (χ1v) is 8.35. The van der Waals surface area contributed by atoms with Gasteiger partial charge in [-0.25, -0.2) is 0 Å². The summed E-state index contributed by atoms with van der Waals surface area (Å²) in [6.07, 6.45) is 3.17. The average Bonchev–Trinajstić information content (AvgIpc) is 2.50. The molecular weight excluding hydrogens is 266 g/mol. The van der Waals surface area contributed by atoms with E-state index in [1.807, 2.05) is 6.92 Å². The first kappa shape index (κ1) is 16.3. The molecule has 2 atom stereocenters. The van der Waals surface area contributed by atoms with E-state index >= 15 is 0 Å². The van der Waals surface area contributed by atoms with Gasteiger partial charge in [0.2, 0.25) is 11.8 Å². The van der Waals surface area contributed by atoms with Gasteiger partial charge in [0.1, 0.15) is 6.04 Å². The number of rotatable bonds is 5. The molecule has 1 N–H and O–H groups in total. The zero-order valence-corrected chi connectivity index (χ0v) is 13.6. The molecule has 2 saturated heterocycles. The monoisotopic (exact) mass is 295 g/mol. The van der Waals surface area contributed by atoms with Crippen LogP contribution in [0.4, 0.5) is 0 Å². The molecule has 5 nitrogen and oxygen atoms in total. The Morgan fingerprint density at radius 1 is 1.24 bits per heavy atom. The summed E-state index contributed by atoms with van der Waals surface area (Å²) < 4.78 is 0. The van der Waals surface area contributed by atoms with E-state index in [4.69, 9.17) is 0 Å². The largest absolute Gasteiger partial charge is 0.342 e. The molecular formula is C16H29N3O2. The van der Waals surface area contributed by atoms with E-state index in [9.17, 15) is 9.59 Å². The molecule has 0 aliphatic carbocycles. The number of nitrogens with one attached hydrogen (secondary N) is 1. The number of hydrogen-bond acceptors (Lipinski definition) is 3. The smallest absolute Gasteiger partial charge is 0.245 e. The van der Waals surface area contributed by atoms with Gasteiger partial charge in [-0.15, -0.1) is 0 Å². The fourth-order valence-corrected chi connectivity index (χ4v) is 3.30. The van der Waals surface area contributed by atoms with Crippen LogP contribution in [0.2, 0.25) is 0 Å². The van der Waals surface area contributed by atoms with Crippen molar-refractivity contribution in [2.75, 3.05) is 32.7 Å². The van der Waals surface area contributed by atoms with Crippen LogP contribution >= 0.6 is 0 Å². The highest BCUT2D eigenvalue weighted by atomic mass is 16.2. The van der Waals surface area contributed by atoms with Crippen LogP contribution in [0.5, 0.6) is 0 Å². The molecule has 2 heterocycles. The standard InChI is InChI=1S/C16H29N3O2/c1-4-12(3)15-16(21)19(11-14(20)17-15)10-13-6-8-18(5-2)9-7-13/h12-13,15H,4-11H2,1-3H3,(H,17,20). The zero-order chi connectivity index (χ0) is 15.4. The molecule has 21 heavy (non-hydrogen) atoms. The highest BCUT2D eigenvalue weighted by Gasteiger charge is 2.36. The van der Waals surface area contributed by atoms with Crippen molar-refractivity contribution in [1.29, 1.82) is 0 Å². The average molecular weight is 295 g/mol. The lowest BCUT2D eigenvalue weighted by atomic mass is 9.93. The Labute approximate surface area is 128 Å². The highest BCUT2D eigenvalue weighted by molar-refractivity contribution is 5.95. The summed E-state index contributed by atoms with van der Waals surface area (Å²) in [5.41, 5.74) is 0. The zero-order valence-electron chi connectivity index (χ0n) is 13.6. The Morgan fingerprint density at radius 2 is 1.90 bits per heavy atom. The molecule has 0 spiro atoms. The van der Waals surface area contributed by atoms with Gasteiger partial charge in [0.25, 0.3) is 0 Å². The van der Waals surface area contributed by atoms with Crippen molar-refractivity contribution in [1.82, 2.24) is 15.1 Å². The maximum absolute atomic E-state index is 12.6. The van der Waals surface area contributed by atoms with Crippen LogP contribution in [-0.2, 0) is 9.59 Å². The number of piperazine rings is 1. The van der Waals surface area contributed by atoms with Crippen molar-refractivity contribution in [3.05, 3.63) is 0 Å². The first-order valence-electron chi connectivity index (χ1n) is 8.35. The predicted molar refractivity (Wildman–Crippen MR) is 82.8 cm³/mol. The Hall–Kier alpha value is -1.10. The molecule has 0 aromatic rings. The van der Waals surface area contributed by atoms with Gasteiger partial charge in [0.05, 0.1) is 6.54 Å². The van der Waals surface area contributed by atoms with E-state index in [-0.39, 0.29) is 30.3 Å². The van der Waals surface area contributed by atoms with Crippen molar-refractivity contribution in [3.8, 4) is 0 Å². The number of carbonyl (C=O) groups excluding carboxylic acids is 2. The third-order valence-electron chi connectivity index (χ3n) is 5.07. The second-order valence-electron chi connectivity index (χ2n) is 6.53. The molecule has 120 valence electrons. The number of likely N-dealkylation sites (tertiary alicyclic amines) is 1. The lowest BCUT2D eigenvalue weighted by Crippen LogP contribution is -2.61. The molecule has 2 aliphatic rings. The van der Waals surface area contributed by atoms with Crippen LogP contribution in [0.25, 0.3) is 0 Å². The Morgan fingerprint density at radius 3 is 2.48 bits per heavy atom. The van der Waals surface area contributed by atoms with Crippen LogP contribution in [-0.4, -0.2) is 60.4 Å². The normalized spacial score (nSPS) is 26.8. The molecule has 0 radical (unpaired) electrons. The van der Waals surface area contributed by atoms with Crippen LogP contribution in [0, 0.1) is 11.8 Å².